The molecule has 1 aliphatic rings. The van der Waals surface area contributed by atoms with Gasteiger partial charge in [0.2, 0.25) is 17.9 Å². The molecule has 2 atom stereocenters. The van der Waals surface area contributed by atoms with Gasteiger partial charge in [-0.05, 0) is 11.6 Å². The second kappa shape index (κ2) is 7.15. The van der Waals surface area contributed by atoms with Crippen molar-refractivity contribution in [2.24, 2.45) is 7.05 Å². The summed E-state index contributed by atoms with van der Waals surface area (Å²) in [5.74, 6) is -0.292. The zero-order valence-electron chi connectivity index (χ0n) is 15.4. The normalized spacial score (nSPS) is 16.5. The number of nitrogens with one attached hydrogen (secondary N) is 2. The molecule has 3 aromatic rings. The number of carbonyl (C=O) groups excluding carboxylic acids is 2. The number of hydrogen-bond donors (Lipinski definition) is 2. The van der Waals surface area contributed by atoms with Crippen molar-refractivity contribution in [1.82, 2.24) is 20.1 Å². The molecule has 1 aliphatic heterocycles. The molecule has 2 aromatic heterocycles. The van der Waals surface area contributed by atoms with Gasteiger partial charge in [0.05, 0.1) is 6.20 Å². The molecular weight excluding hydrogens is 358 g/mol. The lowest BCUT2D eigenvalue weighted by atomic mass is 9.99. The maximum atomic E-state index is 12.8. The van der Waals surface area contributed by atoms with Crippen LogP contribution in [0.3, 0.4) is 0 Å². The molecule has 8 heteroatoms. The first kappa shape index (κ1) is 17.7. The van der Waals surface area contributed by atoms with E-state index in [2.05, 4.69) is 20.7 Å². The molecule has 28 heavy (non-hydrogen) atoms. The van der Waals surface area contributed by atoms with Gasteiger partial charge in [0.1, 0.15) is 11.7 Å². The van der Waals surface area contributed by atoms with Crippen molar-refractivity contribution in [2.45, 2.75) is 19.1 Å². The molecule has 0 fully saturated rings. The number of carbonyl (C=O) groups is 2. The van der Waals surface area contributed by atoms with E-state index in [1.54, 1.807) is 23.1 Å². The zero-order chi connectivity index (χ0) is 19.7. The van der Waals surface area contributed by atoms with Crippen LogP contribution in [0, 0.1) is 0 Å². The van der Waals surface area contributed by atoms with Crippen LogP contribution in [0.5, 0.6) is 5.88 Å². The molecule has 8 nitrogen and oxygen atoms in total. The number of nitrogens with zero attached hydrogens (tertiary/aromatic N) is 3. The number of anilines is 1. The highest BCUT2D eigenvalue weighted by molar-refractivity contribution is 5.98. The molecule has 2 N–H and O–H groups in total. The number of ether oxygens (including phenoxy) is 1. The lowest BCUT2D eigenvalue weighted by Crippen LogP contribution is -2.47. The summed E-state index contributed by atoms with van der Waals surface area (Å²) in [6, 6.07) is 10.4. The average Bonchev–Trinajstić information content (AvgIpc) is 3.12. The third-order valence-electron chi connectivity index (χ3n) is 4.46. The molecule has 142 valence electrons. The van der Waals surface area contributed by atoms with Crippen molar-refractivity contribution in [2.75, 3.05) is 5.32 Å². The molecule has 0 spiro atoms. The number of aromatic nitrogens is 3. The van der Waals surface area contributed by atoms with Gasteiger partial charge in [0.15, 0.2) is 0 Å². The minimum Gasteiger partial charge on any atom is -0.460 e. The number of amides is 2. The van der Waals surface area contributed by atoms with Crippen molar-refractivity contribution in [3.63, 3.8) is 0 Å². The first-order valence-corrected chi connectivity index (χ1v) is 8.80. The summed E-state index contributed by atoms with van der Waals surface area (Å²) in [5, 5.41) is 9.80. The number of aryl methyl sites for hydroxylation is 1. The molecule has 1 aromatic carbocycles. The van der Waals surface area contributed by atoms with Crippen molar-refractivity contribution in [1.29, 1.82) is 0 Å². The van der Waals surface area contributed by atoms with E-state index in [0.29, 0.717) is 11.6 Å². The lowest BCUT2D eigenvalue weighted by molar-refractivity contribution is -0.127. The Morgan fingerprint density at radius 3 is 2.71 bits per heavy atom. The van der Waals surface area contributed by atoms with Crippen LogP contribution >= 0.6 is 0 Å². The molecule has 0 saturated carbocycles. The first-order valence-electron chi connectivity index (χ1n) is 8.80. The monoisotopic (exact) mass is 377 g/mol. The fourth-order valence-corrected chi connectivity index (χ4v) is 3.17. The maximum Gasteiger partial charge on any atom is 0.268 e. The third kappa shape index (κ3) is 3.44. The second-order valence-corrected chi connectivity index (χ2v) is 6.60. The summed E-state index contributed by atoms with van der Waals surface area (Å²) < 4.78 is 7.59. The van der Waals surface area contributed by atoms with Gasteiger partial charge in [0, 0.05) is 37.5 Å². The van der Waals surface area contributed by atoms with Crippen LogP contribution in [0.1, 0.15) is 18.5 Å². The molecule has 3 heterocycles. The van der Waals surface area contributed by atoms with Gasteiger partial charge < -0.3 is 15.4 Å². The summed E-state index contributed by atoms with van der Waals surface area (Å²) in [6.45, 7) is 1.41. The van der Waals surface area contributed by atoms with E-state index >= 15 is 0 Å². The Labute approximate surface area is 161 Å². The molecule has 0 radical (unpaired) electrons. The number of rotatable bonds is 4. The summed E-state index contributed by atoms with van der Waals surface area (Å²) in [5.41, 5.74) is 2.95. The summed E-state index contributed by atoms with van der Waals surface area (Å²) in [7, 11) is 1.83. The number of benzene rings is 1. The Morgan fingerprint density at radius 2 is 2.04 bits per heavy atom. The van der Waals surface area contributed by atoms with Gasteiger partial charge in [-0.1, -0.05) is 30.3 Å². The van der Waals surface area contributed by atoms with Crippen LogP contribution < -0.4 is 15.4 Å². The van der Waals surface area contributed by atoms with E-state index in [1.807, 2.05) is 43.6 Å². The highest BCUT2D eigenvalue weighted by Gasteiger charge is 2.37. The maximum absolute atomic E-state index is 12.8. The van der Waals surface area contributed by atoms with E-state index < -0.39 is 12.1 Å². The van der Waals surface area contributed by atoms with Gasteiger partial charge in [-0.3, -0.25) is 14.3 Å². The van der Waals surface area contributed by atoms with E-state index in [-0.39, 0.29) is 11.8 Å². The fourth-order valence-electron chi connectivity index (χ4n) is 3.17. The largest absolute Gasteiger partial charge is 0.460 e. The van der Waals surface area contributed by atoms with Crippen molar-refractivity contribution in [3.05, 3.63) is 60.6 Å². The number of hydrogen-bond acceptors (Lipinski definition) is 5. The van der Waals surface area contributed by atoms with Gasteiger partial charge in [-0.2, -0.15) is 5.10 Å². The fraction of sp³-hybridized carbons (Fsp3) is 0.200. The third-order valence-corrected chi connectivity index (χ3v) is 4.46. The Hall–Kier alpha value is -3.68. The predicted octanol–water partition coefficient (Wildman–Crippen LogP) is 2.06. The minimum absolute atomic E-state index is 0.254. The summed E-state index contributed by atoms with van der Waals surface area (Å²) in [4.78, 5) is 28.8. The van der Waals surface area contributed by atoms with E-state index in [0.717, 1.165) is 16.7 Å². The quantitative estimate of drug-likeness (QED) is 0.725. The van der Waals surface area contributed by atoms with Crippen LogP contribution in [0.15, 0.2) is 55.0 Å². The van der Waals surface area contributed by atoms with Crippen LogP contribution in [0.2, 0.25) is 0 Å². The topological polar surface area (TPSA) is 98.1 Å². The first-order chi connectivity index (χ1) is 13.5. The van der Waals surface area contributed by atoms with Crippen LogP contribution in [0.4, 0.5) is 5.69 Å². The van der Waals surface area contributed by atoms with E-state index in [1.165, 1.54) is 6.92 Å². The Balaban J connectivity index is 1.65. The highest BCUT2D eigenvalue weighted by Crippen LogP contribution is 2.34. The Morgan fingerprint density at radius 1 is 1.25 bits per heavy atom. The molecule has 0 saturated heterocycles. The van der Waals surface area contributed by atoms with Crippen LogP contribution in [-0.4, -0.2) is 32.7 Å². The number of pyridine rings is 1. The standard InChI is InChI=1S/C20H19N5O3/c1-12(26)23-17(13-6-4-3-5-7-13)18-19(27)24-16-8-14(9-21-20(16)28-18)15-10-22-25(2)11-15/h3-11,17-18H,1-2H3,(H,23,26)(H,24,27)/t17-,18+/m1/s1. The Bertz CT molecular complexity index is 1030. The van der Waals surface area contributed by atoms with Crippen molar-refractivity contribution in [3.8, 4) is 17.0 Å². The van der Waals surface area contributed by atoms with Gasteiger partial charge in [-0.15, -0.1) is 0 Å². The SMILES string of the molecule is CC(=O)N[C@H](c1ccccc1)[C@@H]1Oc2ncc(-c3cnn(C)c3)cc2NC1=O. The molecule has 0 bridgehead atoms. The van der Waals surface area contributed by atoms with Crippen LogP contribution in [-0.2, 0) is 16.6 Å². The van der Waals surface area contributed by atoms with Crippen molar-refractivity contribution < 1.29 is 14.3 Å². The predicted molar refractivity (Wildman–Crippen MR) is 102 cm³/mol. The van der Waals surface area contributed by atoms with Crippen LogP contribution in [0.25, 0.3) is 11.1 Å². The molecule has 0 aliphatic carbocycles. The Kier molecular flexibility index (Phi) is 4.52. The van der Waals surface area contributed by atoms with Gasteiger partial charge >= 0.3 is 0 Å². The van der Waals surface area contributed by atoms with Gasteiger partial charge in [0.25, 0.3) is 5.91 Å². The average molecular weight is 377 g/mol. The molecule has 2 amide bonds. The van der Waals surface area contributed by atoms with E-state index in [9.17, 15) is 9.59 Å². The molecule has 0 unspecified atom stereocenters. The summed E-state index contributed by atoms with van der Waals surface area (Å²) >= 11 is 0. The minimum atomic E-state index is -0.935. The lowest BCUT2D eigenvalue weighted by Gasteiger charge is -2.31. The second-order valence-electron chi connectivity index (χ2n) is 6.60. The highest BCUT2D eigenvalue weighted by atomic mass is 16.5. The van der Waals surface area contributed by atoms with E-state index in [4.69, 9.17) is 4.74 Å². The number of fused-ring (bicyclic) bond motifs is 1. The van der Waals surface area contributed by atoms with Crippen molar-refractivity contribution >= 4 is 17.5 Å². The molecule has 4 rings (SSSR count). The zero-order valence-corrected chi connectivity index (χ0v) is 15.4. The van der Waals surface area contributed by atoms with Gasteiger partial charge in [-0.25, -0.2) is 4.98 Å². The smallest absolute Gasteiger partial charge is 0.268 e. The summed E-state index contributed by atoms with van der Waals surface area (Å²) in [6.07, 6.45) is 4.32. The molecular formula is C20H19N5O3.